The van der Waals surface area contributed by atoms with Crippen LogP contribution in [0.5, 0.6) is 0 Å². The maximum absolute atomic E-state index is 11.0. The lowest BCUT2D eigenvalue weighted by atomic mass is 9.93. The van der Waals surface area contributed by atoms with Crippen LogP contribution in [-0.4, -0.2) is 22.2 Å². The average molecular weight is 219 g/mol. The van der Waals surface area contributed by atoms with Gasteiger partial charge in [0.15, 0.2) is 0 Å². The molecule has 1 aromatic carbocycles. The molecule has 0 bridgehead atoms. The van der Waals surface area contributed by atoms with E-state index in [1.165, 1.54) is 19.9 Å². The largest absolute Gasteiger partial charge is 0.478 e. The minimum Gasteiger partial charge on any atom is -0.478 e. The van der Waals surface area contributed by atoms with E-state index >= 15 is 0 Å². The summed E-state index contributed by atoms with van der Waals surface area (Å²) in [5, 5.41) is 26.6. The molecule has 0 unspecified atom stereocenters. The lowest BCUT2D eigenvalue weighted by Crippen LogP contribution is -2.11. The van der Waals surface area contributed by atoms with Crippen molar-refractivity contribution < 1.29 is 19.8 Å². The highest BCUT2D eigenvalue weighted by Crippen LogP contribution is 2.22. The molecule has 0 saturated heterocycles. The monoisotopic (exact) mass is 219 g/mol. The van der Waals surface area contributed by atoms with E-state index in [0.717, 1.165) is 0 Å². The summed E-state index contributed by atoms with van der Waals surface area (Å²) >= 11 is 0. The van der Waals surface area contributed by atoms with Gasteiger partial charge in [-0.05, 0) is 31.0 Å². The molecule has 0 atom stereocenters. The molecule has 0 amide bonds. The SMILES string of the molecule is Cc1c(C#N)cc(C(=O)O)c(C)c1C(=O)O. The molecular weight excluding hydrogens is 210 g/mol. The highest BCUT2D eigenvalue weighted by molar-refractivity contribution is 5.98. The first-order chi connectivity index (χ1) is 7.40. The number of hydrogen-bond donors (Lipinski definition) is 2. The molecule has 16 heavy (non-hydrogen) atoms. The van der Waals surface area contributed by atoms with Gasteiger partial charge in [-0.25, -0.2) is 9.59 Å². The van der Waals surface area contributed by atoms with Crippen molar-refractivity contribution in [2.24, 2.45) is 0 Å². The zero-order valence-electron chi connectivity index (χ0n) is 8.74. The summed E-state index contributed by atoms with van der Waals surface area (Å²) in [6, 6.07) is 2.98. The van der Waals surface area contributed by atoms with Crippen molar-refractivity contribution in [2.75, 3.05) is 0 Å². The standard InChI is InChI=1S/C11H9NO4/c1-5-7(4-12)3-8(10(13)14)6(2)9(5)11(15)16/h3H,1-2H3,(H,13,14)(H,15,16). The van der Waals surface area contributed by atoms with Gasteiger partial charge in [-0.1, -0.05) is 0 Å². The molecule has 5 heteroatoms. The highest BCUT2D eigenvalue weighted by atomic mass is 16.4. The number of carboxylic acids is 2. The number of carboxylic acid groups (broad SMARTS) is 2. The summed E-state index contributed by atoms with van der Waals surface area (Å²) in [6.07, 6.45) is 0. The van der Waals surface area contributed by atoms with Gasteiger partial charge in [0.1, 0.15) is 0 Å². The lowest BCUT2D eigenvalue weighted by Gasteiger charge is -2.10. The van der Waals surface area contributed by atoms with Crippen molar-refractivity contribution in [3.8, 4) is 6.07 Å². The van der Waals surface area contributed by atoms with Crippen molar-refractivity contribution in [3.63, 3.8) is 0 Å². The second-order valence-corrected chi connectivity index (χ2v) is 3.32. The van der Waals surface area contributed by atoms with E-state index in [0.29, 0.717) is 0 Å². The number of rotatable bonds is 2. The summed E-state index contributed by atoms with van der Waals surface area (Å²) in [6.45, 7) is 2.90. The van der Waals surface area contributed by atoms with Crippen LogP contribution < -0.4 is 0 Å². The first-order valence-corrected chi connectivity index (χ1v) is 4.41. The molecule has 0 fully saturated rings. The zero-order chi connectivity index (χ0) is 12.5. The molecule has 0 aliphatic rings. The maximum Gasteiger partial charge on any atom is 0.336 e. The molecule has 0 saturated carbocycles. The lowest BCUT2D eigenvalue weighted by molar-refractivity contribution is 0.0695. The normalized spacial score (nSPS) is 9.56. The van der Waals surface area contributed by atoms with Gasteiger partial charge < -0.3 is 10.2 Å². The number of nitrogens with zero attached hydrogens (tertiary/aromatic N) is 1. The molecule has 0 radical (unpaired) electrons. The van der Waals surface area contributed by atoms with Crippen LogP contribution in [0, 0.1) is 25.2 Å². The zero-order valence-corrected chi connectivity index (χ0v) is 8.74. The van der Waals surface area contributed by atoms with Gasteiger partial charge in [0.05, 0.1) is 22.8 Å². The summed E-state index contributed by atoms with van der Waals surface area (Å²) in [4.78, 5) is 21.9. The van der Waals surface area contributed by atoms with Crippen LogP contribution in [0.15, 0.2) is 6.07 Å². The predicted octanol–water partition coefficient (Wildman–Crippen LogP) is 1.57. The fourth-order valence-corrected chi connectivity index (χ4v) is 1.57. The molecule has 0 heterocycles. The van der Waals surface area contributed by atoms with Crippen molar-refractivity contribution in [2.45, 2.75) is 13.8 Å². The molecule has 1 aromatic rings. The summed E-state index contributed by atoms with van der Waals surface area (Å²) in [7, 11) is 0. The Labute approximate surface area is 91.6 Å². The third-order valence-electron chi connectivity index (χ3n) is 2.41. The minimum atomic E-state index is -1.24. The molecule has 2 N–H and O–H groups in total. The van der Waals surface area contributed by atoms with Crippen LogP contribution in [-0.2, 0) is 0 Å². The topological polar surface area (TPSA) is 98.4 Å². The number of benzene rings is 1. The smallest absolute Gasteiger partial charge is 0.336 e. The van der Waals surface area contributed by atoms with Gasteiger partial charge in [0.25, 0.3) is 0 Å². The minimum absolute atomic E-state index is 0.0698. The van der Waals surface area contributed by atoms with Crippen molar-refractivity contribution >= 4 is 11.9 Å². The fourth-order valence-electron chi connectivity index (χ4n) is 1.57. The average Bonchev–Trinajstić information content (AvgIpc) is 2.16. The van der Waals surface area contributed by atoms with E-state index in [-0.39, 0.29) is 27.8 Å². The van der Waals surface area contributed by atoms with Gasteiger partial charge in [0.2, 0.25) is 0 Å². The van der Waals surface area contributed by atoms with Gasteiger partial charge in [0, 0.05) is 0 Å². The Hall–Kier alpha value is -2.35. The molecule has 0 aliphatic heterocycles. The Morgan fingerprint density at radius 1 is 1.19 bits per heavy atom. The summed E-state index contributed by atoms with van der Waals surface area (Å²) < 4.78 is 0. The van der Waals surface area contributed by atoms with E-state index in [4.69, 9.17) is 15.5 Å². The number of nitriles is 1. The third kappa shape index (κ3) is 1.73. The second-order valence-electron chi connectivity index (χ2n) is 3.32. The van der Waals surface area contributed by atoms with Gasteiger partial charge in [-0.2, -0.15) is 5.26 Å². The van der Waals surface area contributed by atoms with Crippen molar-refractivity contribution in [1.82, 2.24) is 0 Å². The van der Waals surface area contributed by atoms with Crippen LogP contribution in [0.4, 0.5) is 0 Å². The summed E-state index contributed by atoms with van der Waals surface area (Å²) in [5.41, 5.74) is 0.255. The Morgan fingerprint density at radius 3 is 2.12 bits per heavy atom. The Balaban J connectivity index is 3.73. The number of aromatic carboxylic acids is 2. The Bertz CT molecular complexity index is 526. The van der Waals surface area contributed by atoms with E-state index < -0.39 is 11.9 Å². The highest BCUT2D eigenvalue weighted by Gasteiger charge is 2.20. The predicted molar refractivity (Wildman–Crippen MR) is 54.5 cm³/mol. The van der Waals surface area contributed by atoms with E-state index in [9.17, 15) is 9.59 Å². The Morgan fingerprint density at radius 2 is 1.75 bits per heavy atom. The molecule has 1 rings (SSSR count). The van der Waals surface area contributed by atoms with Gasteiger partial charge in [-0.15, -0.1) is 0 Å². The Kier molecular flexibility index (Phi) is 2.95. The maximum atomic E-state index is 11.0. The van der Waals surface area contributed by atoms with Crippen molar-refractivity contribution in [3.05, 3.63) is 33.9 Å². The number of hydrogen-bond acceptors (Lipinski definition) is 3. The van der Waals surface area contributed by atoms with Crippen LogP contribution in [0.1, 0.15) is 37.4 Å². The van der Waals surface area contributed by atoms with E-state index in [2.05, 4.69) is 0 Å². The van der Waals surface area contributed by atoms with E-state index in [1.54, 1.807) is 6.07 Å². The molecular formula is C11H9NO4. The van der Waals surface area contributed by atoms with Gasteiger partial charge in [-0.3, -0.25) is 0 Å². The quantitative estimate of drug-likeness (QED) is 0.786. The van der Waals surface area contributed by atoms with Gasteiger partial charge >= 0.3 is 11.9 Å². The number of carbonyl (C=O) groups is 2. The first kappa shape index (κ1) is 11.7. The van der Waals surface area contributed by atoms with E-state index in [1.807, 2.05) is 0 Å². The molecule has 0 aromatic heterocycles. The third-order valence-corrected chi connectivity index (χ3v) is 2.41. The van der Waals surface area contributed by atoms with Crippen LogP contribution in [0.2, 0.25) is 0 Å². The molecule has 5 nitrogen and oxygen atoms in total. The second kappa shape index (κ2) is 4.03. The summed E-state index contributed by atoms with van der Waals surface area (Å²) in [5.74, 6) is -2.47. The van der Waals surface area contributed by atoms with Crippen LogP contribution in [0.3, 0.4) is 0 Å². The molecule has 82 valence electrons. The van der Waals surface area contributed by atoms with Crippen LogP contribution in [0.25, 0.3) is 0 Å². The molecule has 0 spiro atoms. The van der Waals surface area contributed by atoms with Crippen LogP contribution >= 0.6 is 0 Å². The first-order valence-electron chi connectivity index (χ1n) is 4.41. The molecule has 0 aliphatic carbocycles. The van der Waals surface area contributed by atoms with Crippen molar-refractivity contribution in [1.29, 1.82) is 5.26 Å². The fraction of sp³-hybridized carbons (Fsp3) is 0.182.